The molecule has 6 nitrogen and oxygen atoms in total. The van der Waals surface area contributed by atoms with Gasteiger partial charge in [-0.05, 0) is 107 Å². The Balaban J connectivity index is 1.07. The first-order chi connectivity index (χ1) is 33.6. The van der Waals surface area contributed by atoms with Crippen molar-refractivity contribution >= 4 is 87.4 Å². The van der Waals surface area contributed by atoms with Crippen LogP contribution in [0.5, 0.6) is 0 Å². The summed E-state index contributed by atoms with van der Waals surface area (Å²) in [4.78, 5) is 0. The lowest BCUT2D eigenvalue weighted by molar-refractivity contribution is 0.669. The van der Waals surface area contributed by atoms with Crippen LogP contribution in [0.25, 0.3) is 127 Å². The van der Waals surface area contributed by atoms with E-state index in [1.165, 1.54) is 32.6 Å². The number of aromatic nitrogens is 3. The summed E-state index contributed by atoms with van der Waals surface area (Å²) in [6, 6.07) is 79.3. The molecule has 0 fully saturated rings. The lowest BCUT2D eigenvalue weighted by Gasteiger charge is -2.16. The molecule has 0 atom stereocenters. The number of hydrogen-bond acceptors (Lipinski definition) is 3. The third kappa shape index (κ3) is 5.50. The van der Waals surface area contributed by atoms with Gasteiger partial charge in [-0.1, -0.05) is 121 Å². The third-order valence-electron chi connectivity index (χ3n) is 13.8. The molecule has 68 heavy (non-hydrogen) atoms. The Morgan fingerprint density at radius 2 is 0.853 bits per heavy atom. The van der Waals surface area contributed by atoms with E-state index < -0.39 is 0 Å². The van der Waals surface area contributed by atoms with Crippen LogP contribution in [-0.4, -0.2) is 13.7 Å². The molecule has 0 unspecified atom stereocenters. The molecule has 0 spiro atoms. The van der Waals surface area contributed by atoms with Crippen molar-refractivity contribution in [3.8, 4) is 51.5 Å². The van der Waals surface area contributed by atoms with E-state index >= 15 is 0 Å². The molecule has 4 aromatic heterocycles. The van der Waals surface area contributed by atoms with E-state index in [9.17, 15) is 10.5 Å². The summed E-state index contributed by atoms with van der Waals surface area (Å²) >= 11 is 0. The van der Waals surface area contributed by atoms with Crippen LogP contribution in [-0.2, 0) is 0 Å². The van der Waals surface area contributed by atoms with Crippen molar-refractivity contribution in [2.45, 2.75) is 0 Å². The van der Waals surface area contributed by atoms with E-state index in [1.54, 1.807) is 6.07 Å². The quantitative estimate of drug-likeness (QED) is 0.173. The second-order valence-electron chi connectivity index (χ2n) is 17.6. The van der Waals surface area contributed by atoms with Crippen molar-refractivity contribution in [2.24, 2.45) is 0 Å². The Kier molecular flexibility index (Phi) is 8.01. The fourth-order valence-electron chi connectivity index (χ4n) is 10.9. The number of hydrogen-bond donors (Lipinski definition) is 0. The van der Waals surface area contributed by atoms with Crippen molar-refractivity contribution in [1.29, 1.82) is 10.5 Å². The molecular weight excluding hydrogens is 831 g/mol. The van der Waals surface area contributed by atoms with Gasteiger partial charge in [0.15, 0.2) is 0 Å². The van der Waals surface area contributed by atoms with Gasteiger partial charge in [0.25, 0.3) is 0 Å². The molecule has 6 heteroatoms. The Morgan fingerprint density at radius 3 is 1.53 bits per heavy atom. The standard InChI is InChI=1S/C62H35N5O/c63-36-38-28-39(37-64)30-42(29-38)40-22-24-41(25-23-40)43-31-45(33-46(32-43)66-54-18-8-5-15-48(54)52-34-53-49-16-7-11-21-59(49)68-60(53)35-58(52)66)65-56-20-10-6-17-51(56)61-57(65)27-26-50-47-14-4-9-19-55(47)67(62(50)61)44-12-2-1-3-13-44/h1-35H. The van der Waals surface area contributed by atoms with E-state index in [-0.39, 0.29) is 0 Å². The Hall–Kier alpha value is -9.62. The van der Waals surface area contributed by atoms with Gasteiger partial charge in [0.2, 0.25) is 0 Å². The Morgan fingerprint density at radius 1 is 0.309 bits per heavy atom. The number of fused-ring (bicyclic) bond motifs is 13. The van der Waals surface area contributed by atoms with Gasteiger partial charge >= 0.3 is 0 Å². The summed E-state index contributed by atoms with van der Waals surface area (Å²) in [6.45, 7) is 0. The summed E-state index contributed by atoms with van der Waals surface area (Å²) in [6.07, 6.45) is 0. The fourth-order valence-corrected chi connectivity index (χ4v) is 10.9. The number of furan rings is 1. The molecule has 0 bridgehead atoms. The lowest BCUT2D eigenvalue weighted by Crippen LogP contribution is -2.00. The normalized spacial score (nSPS) is 11.8. The molecule has 0 radical (unpaired) electrons. The highest BCUT2D eigenvalue weighted by Crippen LogP contribution is 2.44. The number of benzene rings is 10. The van der Waals surface area contributed by atoms with Gasteiger partial charge in [0, 0.05) is 66.2 Å². The largest absolute Gasteiger partial charge is 0.456 e. The minimum Gasteiger partial charge on any atom is -0.456 e. The first-order valence-corrected chi connectivity index (χ1v) is 22.7. The minimum atomic E-state index is 0.458. The van der Waals surface area contributed by atoms with Crippen molar-refractivity contribution in [2.75, 3.05) is 0 Å². The van der Waals surface area contributed by atoms with Crippen LogP contribution in [0.4, 0.5) is 0 Å². The van der Waals surface area contributed by atoms with Crippen LogP contribution in [0.1, 0.15) is 11.1 Å². The van der Waals surface area contributed by atoms with Gasteiger partial charge in [-0.25, -0.2) is 0 Å². The summed E-state index contributed by atoms with van der Waals surface area (Å²) in [5, 5.41) is 28.8. The molecule has 0 amide bonds. The van der Waals surface area contributed by atoms with Crippen LogP contribution in [0.15, 0.2) is 217 Å². The number of nitriles is 2. The van der Waals surface area contributed by atoms with Crippen LogP contribution >= 0.6 is 0 Å². The first kappa shape index (κ1) is 37.7. The molecule has 14 rings (SSSR count). The summed E-state index contributed by atoms with van der Waals surface area (Å²) in [5.41, 5.74) is 16.3. The molecule has 0 aliphatic carbocycles. The number of nitrogens with zero attached hydrogens (tertiary/aromatic N) is 5. The molecule has 0 saturated heterocycles. The highest BCUT2D eigenvalue weighted by Gasteiger charge is 2.23. The smallest absolute Gasteiger partial charge is 0.137 e. The maximum absolute atomic E-state index is 9.76. The minimum absolute atomic E-state index is 0.458. The molecule has 314 valence electrons. The zero-order valence-electron chi connectivity index (χ0n) is 36.4. The molecular formula is C62H35N5O. The van der Waals surface area contributed by atoms with Crippen LogP contribution in [0.3, 0.4) is 0 Å². The van der Waals surface area contributed by atoms with E-state index in [0.717, 1.165) is 94.1 Å². The predicted molar refractivity (Wildman–Crippen MR) is 277 cm³/mol. The van der Waals surface area contributed by atoms with Crippen LogP contribution in [0.2, 0.25) is 0 Å². The summed E-state index contributed by atoms with van der Waals surface area (Å²) in [5.74, 6) is 0. The number of para-hydroxylation sites is 5. The van der Waals surface area contributed by atoms with Crippen LogP contribution in [0, 0.1) is 22.7 Å². The fraction of sp³-hybridized carbons (Fsp3) is 0. The molecule has 0 saturated carbocycles. The number of rotatable bonds is 5. The average molecular weight is 866 g/mol. The summed E-state index contributed by atoms with van der Waals surface area (Å²) < 4.78 is 13.8. The summed E-state index contributed by atoms with van der Waals surface area (Å²) in [7, 11) is 0. The molecule has 0 aliphatic heterocycles. The van der Waals surface area contributed by atoms with Gasteiger partial charge in [-0.15, -0.1) is 0 Å². The molecule has 0 aliphatic rings. The Labute approximate surface area is 389 Å². The van der Waals surface area contributed by atoms with Gasteiger partial charge in [0.05, 0.1) is 56.4 Å². The third-order valence-corrected chi connectivity index (χ3v) is 13.8. The van der Waals surface area contributed by atoms with Crippen LogP contribution < -0.4 is 0 Å². The van der Waals surface area contributed by atoms with Gasteiger partial charge in [0.1, 0.15) is 11.2 Å². The SMILES string of the molecule is N#Cc1cc(C#N)cc(-c2ccc(-c3cc(-n4c5ccccc5c5cc6c(cc54)oc4ccccc46)cc(-n4c5ccccc5c5c4ccc4c6ccccc6n(-c6ccccc6)c45)c3)cc2)c1. The lowest BCUT2D eigenvalue weighted by atomic mass is 9.97. The Bertz CT molecular complexity index is 4480. The maximum atomic E-state index is 9.76. The van der Waals surface area contributed by atoms with Crippen molar-refractivity contribution in [3.05, 3.63) is 223 Å². The monoisotopic (exact) mass is 865 g/mol. The molecule has 14 aromatic rings. The average Bonchev–Trinajstić information content (AvgIpc) is 4.14. The van der Waals surface area contributed by atoms with E-state index in [2.05, 4.69) is 208 Å². The first-order valence-electron chi connectivity index (χ1n) is 22.7. The topological polar surface area (TPSA) is 75.5 Å². The van der Waals surface area contributed by atoms with Crippen molar-refractivity contribution < 1.29 is 4.42 Å². The second kappa shape index (κ2) is 14.4. The van der Waals surface area contributed by atoms with Crippen molar-refractivity contribution in [1.82, 2.24) is 13.7 Å². The van der Waals surface area contributed by atoms with E-state index in [0.29, 0.717) is 11.1 Å². The van der Waals surface area contributed by atoms with Crippen molar-refractivity contribution in [3.63, 3.8) is 0 Å². The highest BCUT2D eigenvalue weighted by atomic mass is 16.3. The molecule has 4 heterocycles. The van der Waals surface area contributed by atoms with Gasteiger partial charge in [-0.3, -0.25) is 0 Å². The zero-order chi connectivity index (χ0) is 45.0. The second-order valence-corrected chi connectivity index (χ2v) is 17.6. The van der Waals surface area contributed by atoms with E-state index in [4.69, 9.17) is 4.42 Å². The zero-order valence-corrected chi connectivity index (χ0v) is 36.4. The molecule has 0 N–H and O–H groups in total. The predicted octanol–water partition coefficient (Wildman–Crippen LogP) is 16.0. The van der Waals surface area contributed by atoms with E-state index in [1.807, 2.05) is 24.3 Å². The van der Waals surface area contributed by atoms with Gasteiger partial charge in [-0.2, -0.15) is 10.5 Å². The highest BCUT2D eigenvalue weighted by molar-refractivity contribution is 6.26. The maximum Gasteiger partial charge on any atom is 0.137 e. The molecule has 10 aromatic carbocycles. The van der Waals surface area contributed by atoms with Gasteiger partial charge < -0.3 is 18.1 Å².